The van der Waals surface area contributed by atoms with E-state index in [1.54, 1.807) is 0 Å². The van der Waals surface area contributed by atoms with Gasteiger partial charge in [0.25, 0.3) is 0 Å². The van der Waals surface area contributed by atoms with Crippen LogP contribution in [0.25, 0.3) is 0 Å². The molecule has 56 heavy (non-hydrogen) atoms. The minimum atomic E-state index is -0.758. The Morgan fingerprint density at radius 1 is 0.286 bits per heavy atom. The summed E-state index contributed by atoms with van der Waals surface area (Å²) in [6, 6.07) is 0. The first-order valence-corrected chi connectivity index (χ1v) is 25.0. The average molecular weight is 793 g/mol. The van der Waals surface area contributed by atoms with E-state index in [2.05, 4.69) is 20.8 Å². The van der Waals surface area contributed by atoms with Crippen molar-refractivity contribution in [3.63, 3.8) is 0 Å². The van der Waals surface area contributed by atoms with Crippen molar-refractivity contribution in [2.75, 3.05) is 13.2 Å². The van der Waals surface area contributed by atoms with Gasteiger partial charge in [-0.05, 0) is 19.3 Å². The smallest absolute Gasteiger partial charge is 0.306 e. The fourth-order valence-corrected chi connectivity index (χ4v) is 7.56. The number of esters is 3. The first-order valence-electron chi connectivity index (χ1n) is 25.0. The standard InChI is InChI=1S/C50H96O6/c1-4-7-10-13-16-19-22-23-24-25-26-29-31-34-37-40-43-49(52)55-46-47(56-50(53)44-41-38-35-32-28-21-18-15-12-9-6-3)45-54-48(51)42-39-36-33-30-27-20-17-14-11-8-5-2/h47H,4-46H2,1-3H3/t47-/m1/s1. The second kappa shape index (κ2) is 46.1. The van der Waals surface area contributed by atoms with E-state index >= 15 is 0 Å². The van der Waals surface area contributed by atoms with E-state index < -0.39 is 6.10 Å². The minimum Gasteiger partial charge on any atom is -0.462 e. The van der Waals surface area contributed by atoms with Gasteiger partial charge < -0.3 is 14.2 Å². The summed E-state index contributed by atoms with van der Waals surface area (Å²) in [6.45, 7) is 6.66. The normalized spacial score (nSPS) is 11.8. The van der Waals surface area contributed by atoms with Crippen molar-refractivity contribution in [3.05, 3.63) is 0 Å². The van der Waals surface area contributed by atoms with Crippen molar-refractivity contribution in [1.82, 2.24) is 0 Å². The summed E-state index contributed by atoms with van der Waals surface area (Å²) >= 11 is 0. The predicted octanol–water partition coefficient (Wildman–Crippen LogP) is 16.0. The Kier molecular flexibility index (Phi) is 44.8. The van der Waals surface area contributed by atoms with Gasteiger partial charge in [0.2, 0.25) is 0 Å². The van der Waals surface area contributed by atoms with E-state index in [-0.39, 0.29) is 31.1 Å². The van der Waals surface area contributed by atoms with Gasteiger partial charge in [-0.15, -0.1) is 0 Å². The van der Waals surface area contributed by atoms with Gasteiger partial charge in [-0.1, -0.05) is 245 Å². The summed E-state index contributed by atoms with van der Waals surface area (Å²) in [6.07, 6.45) is 48.0. The molecular formula is C50H96O6. The zero-order chi connectivity index (χ0) is 40.8. The second-order valence-electron chi connectivity index (χ2n) is 17.1. The van der Waals surface area contributed by atoms with Crippen molar-refractivity contribution in [1.29, 1.82) is 0 Å². The van der Waals surface area contributed by atoms with Crippen molar-refractivity contribution in [3.8, 4) is 0 Å². The van der Waals surface area contributed by atoms with Crippen LogP contribution in [0.5, 0.6) is 0 Å². The molecule has 0 radical (unpaired) electrons. The Morgan fingerprint density at radius 2 is 0.482 bits per heavy atom. The fourth-order valence-electron chi connectivity index (χ4n) is 7.56. The largest absolute Gasteiger partial charge is 0.462 e. The zero-order valence-electron chi connectivity index (χ0n) is 37.9. The van der Waals surface area contributed by atoms with Gasteiger partial charge in [0.05, 0.1) is 0 Å². The molecule has 1 atom stereocenters. The van der Waals surface area contributed by atoms with Gasteiger partial charge in [0.15, 0.2) is 6.10 Å². The van der Waals surface area contributed by atoms with Gasteiger partial charge in [-0.2, -0.15) is 0 Å². The Labute approximate surface area is 348 Å². The van der Waals surface area contributed by atoms with Crippen molar-refractivity contribution < 1.29 is 28.6 Å². The second-order valence-corrected chi connectivity index (χ2v) is 17.1. The maximum absolute atomic E-state index is 12.7. The molecule has 0 aliphatic carbocycles. The number of carbonyl (C=O) groups excluding carboxylic acids is 3. The van der Waals surface area contributed by atoms with E-state index in [0.717, 1.165) is 57.8 Å². The van der Waals surface area contributed by atoms with Crippen LogP contribution in [0.4, 0.5) is 0 Å². The van der Waals surface area contributed by atoms with Gasteiger partial charge in [0.1, 0.15) is 13.2 Å². The highest BCUT2D eigenvalue weighted by atomic mass is 16.6. The average Bonchev–Trinajstić information content (AvgIpc) is 3.19. The number of hydrogen-bond acceptors (Lipinski definition) is 6. The van der Waals surface area contributed by atoms with Gasteiger partial charge in [-0.3, -0.25) is 14.4 Å². The maximum Gasteiger partial charge on any atom is 0.306 e. The number of hydrogen-bond donors (Lipinski definition) is 0. The Bertz CT molecular complexity index is 828. The summed E-state index contributed by atoms with van der Waals surface area (Å²) in [7, 11) is 0. The van der Waals surface area contributed by atoms with Crippen LogP contribution in [0.2, 0.25) is 0 Å². The molecule has 0 fully saturated rings. The SMILES string of the molecule is CCCCCCCCCCCCCCCCCCC(=O)OC[C@@H](COC(=O)CCCCCCCCCCCCC)OC(=O)CCCCCCCCCCCCC. The third-order valence-electron chi connectivity index (χ3n) is 11.4. The van der Waals surface area contributed by atoms with E-state index in [9.17, 15) is 14.4 Å². The summed E-state index contributed by atoms with van der Waals surface area (Å²) in [5, 5.41) is 0. The number of rotatable bonds is 46. The molecule has 0 aromatic carbocycles. The molecule has 0 unspecified atom stereocenters. The molecule has 6 nitrogen and oxygen atoms in total. The molecule has 0 bridgehead atoms. The summed E-state index contributed by atoms with van der Waals surface area (Å²) in [5.74, 6) is -0.845. The van der Waals surface area contributed by atoms with E-state index in [1.807, 2.05) is 0 Å². The number of unbranched alkanes of at least 4 members (excludes halogenated alkanes) is 35. The first-order chi connectivity index (χ1) is 27.5. The molecule has 0 amide bonds. The maximum atomic E-state index is 12.7. The third-order valence-corrected chi connectivity index (χ3v) is 11.4. The van der Waals surface area contributed by atoms with Crippen LogP contribution in [-0.2, 0) is 28.6 Å². The highest BCUT2D eigenvalue weighted by Crippen LogP contribution is 2.16. The van der Waals surface area contributed by atoms with Crippen LogP contribution in [0.1, 0.15) is 284 Å². The van der Waals surface area contributed by atoms with Gasteiger partial charge in [0, 0.05) is 19.3 Å². The third kappa shape index (κ3) is 43.5. The van der Waals surface area contributed by atoms with Crippen molar-refractivity contribution >= 4 is 17.9 Å². The lowest BCUT2D eigenvalue weighted by molar-refractivity contribution is -0.167. The van der Waals surface area contributed by atoms with Crippen molar-refractivity contribution in [2.24, 2.45) is 0 Å². The lowest BCUT2D eigenvalue weighted by Gasteiger charge is -2.18. The van der Waals surface area contributed by atoms with E-state index in [0.29, 0.717) is 19.3 Å². The highest BCUT2D eigenvalue weighted by Gasteiger charge is 2.19. The molecule has 0 rings (SSSR count). The molecular weight excluding hydrogens is 697 g/mol. The van der Waals surface area contributed by atoms with Crippen LogP contribution >= 0.6 is 0 Å². The Balaban J connectivity index is 4.27. The fraction of sp³-hybridized carbons (Fsp3) is 0.940. The van der Waals surface area contributed by atoms with Crippen molar-refractivity contribution in [2.45, 2.75) is 290 Å². The zero-order valence-corrected chi connectivity index (χ0v) is 37.9. The van der Waals surface area contributed by atoms with Crippen LogP contribution in [0.3, 0.4) is 0 Å². The summed E-state index contributed by atoms with van der Waals surface area (Å²) in [4.78, 5) is 37.8. The van der Waals surface area contributed by atoms with Crippen LogP contribution < -0.4 is 0 Å². The molecule has 0 heterocycles. The monoisotopic (exact) mass is 793 g/mol. The molecule has 0 aliphatic heterocycles. The molecule has 0 aromatic heterocycles. The molecule has 0 saturated carbocycles. The quantitative estimate of drug-likeness (QED) is 0.0347. The molecule has 0 aliphatic rings. The summed E-state index contributed by atoms with van der Waals surface area (Å²) in [5.41, 5.74) is 0. The number of ether oxygens (including phenoxy) is 3. The van der Waals surface area contributed by atoms with E-state index in [1.165, 1.54) is 186 Å². The predicted molar refractivity (Wildman–Crippen MR) is 238 cm³/mol. The molecule has 0 spiro atoms. The molecule has 6 heteroatoms. The minimum absolute atomic E-state index is 0.0621. The lowest BCUT2D eigenvalue weighted by atomic mass is 10.0. The first kappa shape index (κ1) is 54.4. The topological polar surface area (TPSA) is 78.9 Å². The highest BCUT2D eigenvalue weighted by molar-refractivity contribution is 5.71. The lowest BCUT2D eigenvalue weighted by Crippen LogP contribution is -2.30. The molecule has 332 valence electrons. The van der Waals surface area contributed by atoms with Gasteiger partial charge >= 0.3 is 17.9 Å². The van der Waals surface area contributed by atoms with Gasteiger partial charge in [-0.25, -0.2) is 0 Å². The van der Waals surface area contributed by atoms with Crippen LogP contribution in [0, 0.1) is 0 Å². The van der Waals surface area contributed by atoms with Crippen LogP contribution in [-0.4, -0.2) is 37.2 Å². The Morgan fingerprint density at radius 3 is 0.714 bits per heavy atom. The van der Waals surface area contributed by atoms with Crippen LogP contribution in [0.15, 0.2) is 0 Å². The Hall–Kier alpha value is -1.59. The molecule has 0 aromatic rings. The van der Waals surface area contributed by atoms with E-state index in [4.69, 9.17) is 14.2 Å². The molecule has 0 saturated heterocycles. The number of carbonyl (C=O) groups is 3. The molecule has 0 N–H and O–H groups in total. The summed E-state index contributed by atoms with van der Waals surface area (Å²) < 4.78 is 16.8.